The third-order valence-corrected chi connectivity index (χ3v) is 4.84. The summed E-state index contributed by atoms with van der Waals surface area (Å²) in [7, 11) is 1.65. The van der Waals surface area contributed by atoms with Gasteiger partial charge in [-0.05, 0) is 53.9 Å². The second kappa shape index (κ2) is 6.16. The van der Waals surface area contributed by atoms with Crippen LogP contribution in [0.3, 0.4) is 0 Å². The number of aromatic hydroxyl groups is 1. The van der Waals surface area contributed by atoms with Crippen LogP contribution in [0.1, 0.15) is 11.1 Å². The first-order valence-electron chi connectivity index (χ1n) is 8.35. The van der Waals surface area contributed by atoms with Crippen LogP contribution in [0.5, 0.6) is 11.5 Å². The van der Waals surface area contributed by atoms with Crippen molar-refractivity contribution < 1.29 is 14.6 Å². The van der Waals surface area contributed by atoms with Gasteiger partial charge in [-0.2, -0.15) is 0 Å². The molecule has 1 aliphatic rings. The van der Waals surface area contributed by atoms with E-state index in [4.69, 9.17) is 4.74 Å². The summed E-state index contributed by atoms with van der Waals surface area (Å²) in [6.07, 6.45) is 2.76. The second-order valence-corrected chi connectivity index (χ2v) is 6.39. The van der Waals surface area contributed by atoms with E-state index in [-0.39, 0.29) is 11.7 Å². The summed E-state index contributed by atoms with van der Waals surface area (Å²) >= 11 is 0. The minimum Gasteiger partial charge on any atom is -0.508 e. The van der Waals surface area contributed by atoms with E-state index >= 15 is 0 Å². The Hall–Kier alpha value is -2.95. The molecule has 0 spiro atoms. The summed E-state index contributed by atoms with van der Waals surface area (Å²) in [5.74, 6) is 1.14. The zero-order chi connectivity index (χ0) is 17.4. The van der Waals surface area contributed by atoms with Crippen molar-refractivity contribution >= 4 is 16.8 Å². The zero-order valence-corrected chi connectivity index (χ0v) is 14.1. The van der Waals surface area contributed by atoms with Gasteiger partial charge < -0.3 is 19.3 Å². The minimum absolute atomic E-state index is 0.0855. The Morgan fingerprint density at radius 1 is 1.16 bits per heavy atom. The van der Waals surface area contributed by atoms with Crippen LogP contribution in [0.4, 0.5) is 0 Å². The fraction of sp³-hybridized carbons (Fsp3) is 0.250. The van der Waals surface area contributed by atoms with Gasteiger partial charge in [0.1, 0.15) is 18.0 Å². The van der Waals surface area contributed by atoms with Crippen LogP contribution in [0.15, 0.2) is 48.7 Å². The molecule has 0 radical (unpaired) electrons. The van der Waals surface area contributed by atoms with Gasteiger partial charge in [0, 0.05) is 30.2 Å². The Labute approximate surface area is 146 Å². The molecule has 0 saturated carbocycles. The van der Waals surface area contributed by atoms with Gasteiger partial charge in [-0.15, -0.1) is 0 Å². The summed E-state index contributed by atoms with van der Waals surface area (Å²) < 4.78 is 7.21. The van der Waals surface area contributed by atoms with Crippen molar-refractivity contribution in [2.24, 2.45) is 0 Å². The van der Waals surface area contributed by atoms with Gasteiger partial charge in [0.05, 0.1) is 7.11 Å². The molecule has 1 amide bonds. The lowest BCUT2D eigenvalue weighted by Crippen LogP contribution is -2.37. The van der Waals surface area contributed by atoms with Gasteiger partial charge >= 0.3 is 0 Å². The molecule has 0 unspecified atom stereocenters. The van der Waals surface area contributed by atoms with E-state index in [1.165, 1.54) is 5.56 Å². The maximum absolute atomic E-state index is 12.7. The first-order valence-corrected chi connectivity index (χ1v) is 8.35. The Kier molecular flexibility index (Phi) is 3.84. The number of phenolic OH excluding ortho intramolecular Hbond substituents is 1. The third kappa shape index (κ3) is 2.93. The van der Waals surface area contributed by atoms with E-state index in [1.807, 2.05) is 46.0 Å². The van der Waals surface area contributed by atoms with Crippen molar-refractivity contribution in [3.8, 4) is 11.5 Å². The van der Waals surface area contributed by atoms with E-state index in [9.17, 15) is 9.90 Å². The second-order valence-electron chi connectivity index (χ2n) is 6.39. The van der Waals surface area contributed by atoms with Crippen LogP contribution >= 0.6 is 0 Å². The van der Waals surface area contributed by atoms with Crippen LogP contribution in [0.25, 0.3) is 10.9 Å². The fourth-order valence-electron chi connectivity index (χ4n) is 3.45. The van der Waals surface area contributed by atoms with E-state index in [1.54, 1.807) is 19.2 Å². The number of fused-ring (bicyclic) bond motifs is 2. The molecule has 128 valence electrons. The van der Waals surface area contributed by atoms with Crippen molar-refractivity contribution in [2.45, 2.75) is 19.5 Å². The van der Waals surface area contributed by atoms with Gasteiger partial charge in [-0.25, -0.2) is 0 Å². The van der Waals surface area contributed by atoms with Gasteiger partial charge in [-0.3, -0.25) is 4.79 Å². The molecule has 0 atom stereocenters. The summed E-state index contributed by atoms with van der Waals surface area (Å²) in [6.45, 7) is 1.57. The molecule has 0 fully saturated rings. The van der Waals surface area contributed by atoms with Crippen LogP contribution in [-0.2, 0) is 24.3 Å². The standard InChI is InChI=1S/C20H20N2O3/c1-25-18-4-5-19-15(11-18)7-8-21(19)13-20(24)22-9-6-14-2-3-17(23)10-16(14)12-22/h2-5,7-8,10-11,23H,6,9,12-13H2,1H3. The summed E-state index contributed by atoms with van der Waals surface area (Å²) in [6, 6.07) is 13.3. The minimum atomic E-state index is 0.0855. The predicted molar refractivity (Wildman–Crippen MR) is 95.7 cm³/mol. The SMILES string of the molecule is COc1ccc2c(ccn2CC(=O)N2CCc3ccc(O)cc3C2)c1. The first-order chi connectivity index (χ1) is 12.1. The maximum Gasteiger partial charge on any atom is 0.242 e. The molecule has 0 aliphatic carbocycles. The molecule has 5 heteroatoms. The highest BCUT2D eigenvalue weighted by Gasteiger charge is 2.21. The first kappa shape index (κ1) is 15.6. The number of phenols is 1. The zero-order valence-electron chi connectivity index (χ0n) is 14.1. The number of nitrogens with zero attached hydrogens (tertiary/aromatic N) is 2. The Morgan fingerprint density at radius 2 is 2.04 bits per heavy atom. The Morgan fingerprint density at radius 3 is 2.88 bits per heavy atom. The number of hydrogen-bond donors (Lipinski definition) is 1. The number of rotatable bonds is 3. The number of hydrogen-bond acceptors (Lipinski definition) is 3. The third-order valence-electron chi connectivity index (χ3n) is 4.84. The van der Waals surface area contributed by atoms with Crippen molar-refractivity contribution in [3.63, 3.8) is 0 Å². The van der Waals surface area contributed by atoms with Crippen molar-refractivity contribution in [3.05, 3.63) is 59.8 Å². The highest BCUT2D eigenvalue weighted by Crippen LogP contribution is 2.25. The Bertz CT molecular complexity index is 945. The lowest BCUT2D eigenvalue weighted by atomic mass is 9.99. The molecule has 3 aromatic rings. The van der Waals surface area contributed by atoms with Crippen LogP contribution < -0.4 is 4.74 Å². The van der Waals surface area contributed by atoms with Gasteiger partial charge in [0.25, 0.3) is 0 Å². The van der Waals surface area contributed by atoms with Crippen molar-refractivity contribution in [1.82, 2.24) is 9.47 Å². The summed E-state index contributed by atoms with van der Waals surface area (Å²) in [5, 5.41) is 10.7. The van der Waals surface area contributed by atoms with E-state index in [2.05, 4.69) is 0 Å². The van der Waals surface area contributed by atoms with Crippen molar-refractivity contribution in [1.29, 1.82) is 0 Å². The monoisotopic (exact) mass is 336 g/mol. The van der Waals surface area contributed by atoms with Gasteiger partial charge in [0.15, 0.2) is 0 Å². The van der Waals surface area contributed by atoms with E-state index in [0.717, 1.165) is 28.6 Å². The molecular weight excluding hydrogens is 316 g/mol. The number of ether oxygens (including phenoxy) is 1. The number of carbonyl (C=O) groups is 1. The Balaban J connectivity index is 1.53. The number of amides is 1. The molecule has 2 aromatic carbocycles. The predicted octanol–water partition coefficient (Wildman–Crippen LogP) is 2.94. The molecule has 1 aromatic heterocycles. The van der Waals surface area contributed by atoms with Gasteiger partial charge in [-0.1, -0.05) is 6.07 Å². The maximum atomic E-state index is 12.7. The normalized spacial score (nSPS) is 13.7. The average Bonchev–Trinajstić information content (AvgIpc) is 3.03. The molecule has 0 saturated heterocycles. The van der Waals surface area contributed by atoms with Crippen LogP contribution in [0.2, 0.25) is 0 Å². The topological polar surface area (TPSA) is 54.7 Å². The molecule has 5 nitrogen and oxygen atoms in total. The molecular formula is C20H20N2O3. The smallest absolute Gasteiger partial charge is 0.242 e. The molecule has 25 heavy (non-hydrogen) atoms. The summed E-state index contributed by atoms with van der Waals surface area (Å²) in [4.78, 5) is 14.6. The van der Waals surface area contributed by atoms with Crippen LogP contribution in [0, 0.1) is 0 Å². The largest absolute Gasteiger partial charge is 0.508 e. The number of methoxy groups -OCH3 is 1. The number of carbonyl (C=O) groups excluding carboxylic acids is 1. The fourth-order valence-corrected chi connectivity index (χ4v) is 3.45. The molecule has 4 rings (SSSR count). The number of aromatic nitrogens is 1. The van der Waals surface area contributed by atoms with Gasteiger partial charge in [0.2, 0.25) is 5.91 Å². The van der Waals surface area contributed by atoms with Crippen LogP contribution in [-0.4, -0.2) is 34.1 Å². The highest BCUT2D eigenvalue weighted by molar-refractivity contribution is 5.84. The van der Waals surface area contributed by atoms with E-state index < -0.39 is 0 Å². The molecule has 0 bridgehead atoms. The molecule has 2 heterocycles. The average molecular weight is 336 g/mol. The quantitative estimate of drug-likeness (QED) is 0.800. The lowest BCUT2D eigenvalue weighted by Gasteiger charge is -2.29. The summed E-state index contributed by atoms with van der Waals surface area (Å²) in [5.41, 5.74) is 3.26. The van der Waals surface area contributed by atoms with E-state index in [0.29, 0.717) is 19.6 Å². The van der Waals surface area contributed by atoms with Crippen molar-refractivity contribution in [2.75, 3.05) is 13.7 Å². The lowest BCUT2D eigenvalue weighted by molar-refractivity contribution is -0.132. The molecule has 1 N–H and O–H groups in total. The molecule has 1 aliphatic heterocycles. The highest BCUT2D eigenvalue weighted by atomic mass is 16.5. The number of benzene rings is 2.